The fourth-order valence-corrected chi connectivity index (χ4v) is 7.15. The molecule has 182 valence electrons. The van der Waals surface area contributed by atoms with E-state index >= 15 is 0 Å². The molecule has 3 aromatic heterocycles. The van der Waals surface area contributed by atoms with Crippen molar-refractivity contribution < 1.29 is 14.4 Å². The minimum Gasteiger partial charge on any atom is -0.366 e. The molecule has 3 amide bonds. The summed E-state index contributed by atoms with van der Waals surface area (Å²) in [7, 11) is 0. The van der Waals surface area contributed by atoms with Gasteiger partial charge < -0.3 is 16.0 Å². The van der Waals surface area contributed by atoms with Crippen LogP contribution in [0, 0.1) is 0 Å². The highest BCUT2D eigenvalue weighted by atomic mass is 32.1. The van der Waals surface area contributed by atoms with Crippen LogP contribution in [-0.2, 0) is 16.9 Å². The summed E-state index contributed by atoms with van der Waals surface area (Å²) in [6.45, 7) is 4.17. The summed E-state index contributed by atoms with van der Waals surface area (Å²) in [4.78, 5) is 44.9. The van der Waals surface area contributed by atoms with Crippen LogP contribution in [0.1, 0.15) is 50.7 Å². The number of rotatable bonds is 7. The zero-order valence-corrected chi connectivity index (χ0v) is 20.8. The van der Waals surface area contributed by atoms with Crippen molar-refractivity contribution >= 4 is 49.8 Å². The molecule has 0 bridgehead atoms. The van der Waals surface area contributed by atoms with E-state index in [4.69, 9.17) is 5.73 Å². The van der Waals surface area contributed by atoms with E-state index in [1.807, 2.05) is 18.2 Å². The Hall–Kier alpha value is -3.83. The van der Waals surface area contributed by atoms with Crippen LogP contribution in [0.2, 0.25) is 0 Å². The van der Waals surface area contributed by atoms with Crippen molar-refractivity contribution in [3.63, 3.8) is 0 Å². The van der Waals surface area contributed by atoms with Crippen molar-refractivity contribution in [1.29, 1.82) is 0 Å². The normalized spacial score (nSPS) is 16.1. The van der Waals surface area contributed by atoms with Crippen LogP contribution >= 0.6 is 22.7 Å². The third kappa shape index (κ3) is 3.62. The Bertz CT molecular complexity index is 1520. The Morgan fingerprint density at radius 2 is 1.97 bits per heavy atom. The number of carbonyl (C=O) groups is 3. The summed E-state index contributed by atoms with van der Waals surface area (Å²) in [6, 6.07) is 9.67. The van der Waals surface area contributed by atoms with Gasteiger partial charge in [-0.15, -0.1) is 22.7 Å². The number of carbonyl (C=O) groups excluding carboxylic acids is 3. The minimum absolute atomic E-state index is 0.107. The molecule has 36 heavy (non-hydrogen) atoms. The molecule has 1 aliphatic heterocycles. The van der Waals surface area contributed by atoms with Crippen LogP contribution in [0.5, 0.6) is 0 Å². The van der Waals surface area contributed by atoms with Crippen molar-refractivity contribution in [3.8, 4) is 10.4 Å². The van der Waals surface area contributed by atoms with Gasteiger partial charge >= 0.3 is 0 Å². The molecule has 6 rings (SSSR count). The van der Waals surface area contributed by atoms with E-state index in [2.05, 4.69) is 33.1 Å². The van der Waals surface area contributed by atoms with Gasteiger partial charge in [0.05, 0.1) is 17.0 Å². The lowest BCUT2D eigenvalue weighted by atomic mass is 9.76. The lowest BCUT2D eigenvalue weighted by Crippen LogP contribution is -2.51. The van der Waals surface area contributed by atoms with Crippen LogP contribution in [0.25, 0.3) is 19.8 Å². The fraction of sp³-hybridized carbons (Fsp3) is 0.240. The fourth-order valence-electron chi connectivity index (χ4n) is 4.80. The quantitative estimate of drug-likeness (QED) is 0.322. The summed E-state index contributed by atoms with van der Waals surface area (Å²) < 4.78 is 2.03. The third-order valence-corrected chi connectivity index (χ3v) is 9.22. The number of hydrogen-bond acceptors (Lipinski definition) is 7. The van der Waals surface area contributed by atoms with Gasteiger partial charge in [-0.25, -0.2) is 4.98 Å². The molecule has 2 aliphatic rings. The van der Waals surface area contributed by atoms with E-state index < -0.39 is 11.4 Å². The van der Waals surface area contributed by atoms with Gasteiger partial charge in [-0.1, -0.05) is 18.7 Å². The zero-order valence-electron chi connectivity index (χ0n) is 19.2. The highest BCUT2D eigenvalue weighted by molar-refractivity contribution is 7.30. The van der Waals surface area contributed by atoms with E-state index in [-0.39, 0.29) is 23.9 Å². The molecule has 4 heterocycles. The molecule has 1 fully saturated rings. The van der Waals surface area contributed by atoms with Crippen LogP contribution in [0.15, 0.2) is 48.8 Å². The van der Waals surface area contributed by atoms with Crippen LogP contribution < -0.4 is 11.1 Å². The smallest absolute Gasteiger partial charge is 0.262 e. The van der Waals surface area contributed by atoms with Gasteiger partial charge in [-0.05, 0) is 48.6 Å². The molecule has 0 atom stereocenters. The summed E-state index contributed by atoms with van der Waals surface area (Å²) in [5.41, 5.74) is 7.56. The summed E-state index contributed by atoms with van der Waals surface area (Å²) in [5.74, 6) is -0.161. The van der Waals surface area contributed by atoms with E-state index in [1.165, 1.54) is 17.7 Å². The maximum atomic E-state index is 13.1. The standard InChI is InChI=1S/C25H22N6O3S2/c1-13(21(26)32)10-31-11-16-14(4-2-5-15(16)23(31)34)17-8-18-19(35-17)9-20(36-18)22(33)29-25(6-3-7-25)24-27-12-28-30-24/h2,4-5,8-9,12H,1,3,6-7,10-11H2,(H2,26,32)(H,29,33)(H,27,28,30). The Balaban J connectivity index is 1.25. The number of aromatic amines is 1. The number of H-pyrrole nitrogens is 1. The van der Waals surface area contributed by atoms with Crippen molar-refractivity contribution in [1.82, 2.24) is 25.4 Å². The van der Waals surface area contributed by atoms with Crippen LogP contribution in [0.3, 0.4) is 0 Å². The average Bonchev–Trinajstić information content (AvgIpc) is 3.60. The SMILES string of the molecule is C=C(CN1Cc2c(cccc2-c2cc3sc(C(=O)NC4(c5ncn[nH]5)CCC4)cc3s2)C1=O)C(N)=O. The summed E-state index contributed by atoms with van der Waals surface area (Å²) in [6.07, 6.45) is 4.16. The molecule has 1 saturated carbocycles. The maximum Gasteiger partial charge on any atom is 0.262 e. The third-order valence-electron chi connectivity index (χ3n) is 6.90. The molecule has 0 unspecified atom stereocenters. The number of amides is 3. The van der Waals surface area contributed by atoms with Gasteiger partial charge in [-0.2, -0.15) is 5.10 Å². The first-order valence-electron chi connectivity index (χ1n) is 11.5. The Morgan fingerprint density at radius 3 is 2.64 bits per heavy atom. The number of nitrogens with two attached hydrogens (primary N) is 1. The lowest BCUT2D eigenvalue weighted by molar-refractivity contribution is -0.114. The molecular formula is C25H22N6O3S2. The Labute approximate surface area is 214 Å². The van der Waals surface area contributed by atoms with Crippen molar-refractivity contribution in [3.05, 3.63) is 70.6 Å². The monoisotopic (exact) mass is 518 g/mol. The number of benzene rings is 1. The molecule has 1 aromatic carbocycles. The van der Waals surface area contributed by atoms with Gasteiger partial charge in [0, 0.05) is 32.0 Å². The first-order valence-corrected chi connectivity index (χ1v) is 13.1. The number of nitrogens with one attached hydrogen (secondary N) is 2. The molecule has 0 spiro atoms. The predicted molar refractivity (Wildman–Crippen MR) is 138 cm³/mol. The van der Waals surface area contributed by atoms with E-state index in [0.29, 0.717) is 22.8 Å². The van der Waals surface area contributed by atoms with Gasteiger partial charge in [0.2, 0.25) is 5.91 Å². The molecule has 4 aromatic rings. The lowest BCUT2D eigenvalue weighted by Gasteiger charge is -2.40. The second kappa shape index (κ2) is 8.38. The number of aromatic nitrogens is 3. The van der Waals surface area contributed by atoms with E-state index in [1.54, 1.807) is 22.3 Å². The maximum absolute atomic E-state index is 13.1. The second-order valence-electron chi connectivity index (χ2n) is 9.13. The summed E-state index contributed by atoms with van der Waals surface area (Å²) >= 11 is 3.04. The molecule has 11 heteroatoms. The largest absolute Gasteiger partial charge is 0.366 e. The van der Waals surface area contributed by atoms with Crippen molar-refractivity contribution in [2.24, 2.45) is 5.73 Å². The summed E-state index contributed by atoms with van der Waals surface area (Å²) in [5, 5.41) is 10.0. The molecule has 9 nitrogen and oxygen atoms in total. The van der Waals surface area contributed by atoms with Gasteiger partial charge in [0.25, 0.3) is 11.8 Å². The molecular weight excluding hydrogens is 496 g/mol. The first-order chi connectivity index (χ1) is 17.3. The predicted octanol–water partition coefficient (Wildman–Crippen LogP) is 3.55. The molecule has 1 aliphatic carbocycles. The Morgan fingerprint density at radius 1 is 1.19 bits per heavy atom. The number of primary amides is 1. The topological polar surface area (TPSA) is 134 Å². The Kier molecular flexibility index (Phi) is 5.27. The number of thiophene rings is 2. The van der Waals surface area contributed by atoms with Crippen molar-refractivity contribution in [2.75, 3.05) is 6.54 Å². The second-order valence-corrected chi connectivity index (χ2v) is 11.3. The number of hydrogen-bond donors (Lipinski definition) is 3. The highest BCUT2D eigenvalue weighted by Crippen LogP contribution is 2.43. The van der Waals surface area contributed by atoms with Crippen LogP contribution in [-0.4, -0.2) is 44.3 Å². The van der Waals surface area contributed by atoms with Gasteiger partial charge in [0.15, 0.2) is 0 Å². The minimum atomic E-state index is -0.610. The number of nitrogens with zero attached hydrogens (tertiary/aromatic N) is 3. The molecule has 0 saturated heterocycles. The average molecular weight is 519 g/mol. The highest BCUT2D eigenvalue weighted by Gasteiger charge is 2.43. The molecule has 0 radical (unpaired) electrons. The van der Waals surface area contributed by atoms with Crippen molar-refractivity contribution in [2.45, 2.75) is 31.3 Å². The van der Waals surface area contributed by atoms with E-state index in [0.717, 1.165) is 44.7 Å². The van der Waals surface area contributed by atoms with Gasteiger partial charge in [-0.3, -0.25) is 19.5 Å². The zero-order chi connectivity index (χ0) is 25.0. The number of fused-ring (bicyclic) bond motifs is 2. The molecule has 4 N–H and O–H groups in total. The first kappa shape index (κ1) is 22.6. The van der Waals surface area contributed by atoms with Crippen LogP contribution in [0.4, 0.5) is 0 Å². The van der Waals surface area contributed by atoms with Gasteiger partial charge in [0.1, 0.15) is 12.2 Å². The van der Waals surface area contributed by atoms with E-state index in [9.17, 15) is 14.4 Å².